The van der Waals surface area contributed by atoms with Gasteiger partial charge in [0.1, 0.15) is 0 Å². The molecule has 4 aliphatic rings. The molecule has 0 saturated carbocycles. The molecule has 0 bridgehead atoms. The van der Waals surface area contributed by atoms with E-state index < -0.39 is 0 Å². The van der Waals surface area contributed by atoms with E-state index in [1.807, 2.05) is 0 Å². The monoisotopic (exact) mass is 753 g/mol. The van der Waals surface area contributed by atoms with Gasteiger partial charge in [0, 0.05) is 28.4 Å². The third-order valence-electron chi connectivity index (χ3n) is 13.9. The largest absolute Gasteiger partial charge is 0.314 e. The van der Waals surface area contributed by atoms with Gasteiger partial charge >= 0.3 is 0 Å². The molecule has 1 spiro atoms. The Morgan fingerprint density at radius 1 is 0.441 bits per heavy atom. The normalized spacial score (nSPS) is 16.7. The van der Waals surface area contributed by atoms with Gasteiger partial charge < -0.3 is 4.90 Å². The molecule has 8 aromatic rings. The smallest absolute Gasteiger partial charge is 0.0725 e. The molecule has 0 radical (unpaired) electrons. The van der Waals surface area contributed by atoms with Crippen molar-refractivity contribution >= 4 is 11.4 Å². The van der Waals surface area contributed by atoms with E-state index >= 15 is 0 Å². The molecule has 4 aliphatic carbocycles. The molecule has 1 unspecified atom stereocenters. The molecule has 1 heteroatoms. The second-order valence-electron chi connectivity index (χ2n) is 17.1. The van der Waals surface area contributed by atoms with Crippen molar-refractivity contribution in [2.45, 2.75) is 37.0 Å². The summed E-state index contributed by atoms with van der Waals surface area (Å²) in [5.74, 6) is 0.109. The zero-order chi connectivity index (χ0) is 39.3. The Hall–Kier alpha value is -6.96. The van der Waals surface area contributed by atoms with Crippen LogP contribution in [-0.4, -0.2) is 0 Å². The maximum absolute atomic E-state index is 2.55. The van der Waals surface area contributed by atoms with Crippen LogP contribution in [0, 0.1) is 0 Å². The van der Waals surface area contributed by atoms with Crippen LogP contribution < -0.4 is 4.90 Å². The summed E-state index contributed by atoms with van der Waals surface area (Å²) in [4.78, 5) is 2.55. The molecule has 0 amide bonds. The fourth-order valence-electron chi connectivity index (χ4n) is 11.3. The highest BCUT2D eigenvalue weighted by Crippen LogP contribution is 2.64. The molecule has 8 aromatic carbocycles. The average Bonchev–Trinajstić information content (AvgIpc) is 3.86. The molecule has 0 heterocycles. The molecule has 0 aromatic heterocycles. The van der Waals surface area contributed by atoms with Crippen LogP contribution in [0.3, 0.4) is 0 Å². The minimum absolute atomic E-state index is 0.109. The van der Waals surface area contributed by atoms with Crippen molar-refractivity contribution in [3.63, 3.8) is 0 Å². The van der Waals surface area contributed by atoms with Gasteiger partial charge in [-0.25, -0.2) is 0 Å². The molecular formula is C58H43N. The quantitative estimate of drug-likeness (QED) is 0.169. The van der Waals surface area contributed by atoms with Gasteiger partial charge in [0.2, 0.25) is 0 Å². The van der Waals surface area contributed by atoms with Crippen molar-refractivity contribution in [2.24, 2.45) is 0 Å². The predicted octanol–water partition coefficient (Wildman–Crippen LogP) is 14.8. The molecule has 0 saturated heterocycles. The number of fused-ring (bicyclic) bond motifs is 13. The van der Waals surface area contributed by atoms with Crippen LogP contribution in [-0.2, 0) is 10.8 Å². The van der Waals surface area contributed by atoms with Crippen LogP contribution in [0.5, 0.6) is 0 Å². The Morgan fingerprint density at radius 3 is 1.66 bits per heavy atom. The van der Waals surface area contributed by atoms with E-state index in [9.17, 15) is 0 Å². The lowest BCUT2D eigenvalue weighted by Gasteiger charge is -2.36. The molecule has 0 fully saturated rings. The van der Waals surface area contributed by atoms with E-state index in [4.69, 9.17) is 0 Å². The fourth-order valence-corrected chi connectivity index (χ4v) is 11.3. The zero-order valence-electron chi connectivity index (χ0n) is 33.4. The first-order valence-electron chi connectivity index (χ1n) is 21.0. The summed E-state index contributed by atoms with van der Waals surface area (Å²) in [6.07, 6.45) is 7.92. The lowest BCUT2D eigenvalue weighted by molar-refractivity contribution is 0.660. The highest BCUT2D eigenvalue weighted by atomic mass is 15.2. The van der Waals surface area contributed by atoms with Crippen LogP contribution in [0.1, 0.15) is 65.1 Å². The van der Waals surface area contributed by atoms with Crippen molar-refractivity contribution in [3.8, 4) is 44.5 Å². The molecule has 1 nitrogen and oxygen atoms in total. The number of benzene rings is 8. The molecule has 1 atom stereocenters. The molecule has 12 rings (SSSR count). The van der Waals surface area contributed by atoms with Crippen LogP contribution >= 0.6 is 0 Å². The first kappa shape index (κ1) is 34.1. The van der Waals surface area contributed by atoms with Gasteiger partial charge in [-0.15, -0.1) is 0 Å². The van der Waals surface area contributed by atoms with Gasteiger partial charge in [-0.3, -0.25) is 0 Å². The van der Waals surface area contributed by atoms with Crippen LogP contribution in [0.25, 0.3) is 44.5 Å². The minimum atomic E-state index is -0.378. The van der Waals surface area contributed by atoms with Gasteiger partial charge in [-0.05, 0) is 120 Å². The molecular weight excluding hydrogens is 711 g/mol. The summed E-state index contributed by atoms with van der Waals surface area (Å²) in [5, 5.41) is 0. The third-order valence-corrected chi connectivity index (χ3v) is 13.9. The summed E-state index contributed by atoms with van der Waals surface area (Å²) in [5.41, 5.74) is 23.3. The second-order valence-corrected chi connectivity index (χ2v) is 17.1. The van der Waals surface area contributed by atoms with Gasteiger partial charge in [0.15, 0.2) is 0 Å². The molecule has 280 valence electrons. The average molecular weight is 754 g/mol. The maximum Gasteiger partial charge on any atom is 0.0725 e. The zero-order valence-corrected chi connectivity index (χ0v) is 33.4. The van der Waals surface area contributed by atoms with Crippen LogP contribution in [0.15, 0.2) is 212 Å². The first-order valence-corrected chi connectivity index (χ1v) is 21.0. The van der Waals surface area contributed by atoms with Crippen molar-refractivity contribution in [1.82, 2.24) is 0 Å². The topological polar surface area (TPSA) is 3.24 Å². The highest BCUT2D eigenvalue weighted by Gasteiger charge is 2.52. The number of allylic oxidation sites excluding steroid dienone is 4. The van der Waals surface area contributed by atoms with Crippen molar-refractivity contribution < 1.29 is 0 Å². The number of anilines is 2. The Kier molecular flexibility index (Phi) is 7.38. The van der Waals surface area contributed by atoms with Crippen molar-refractivity contribution in [3.05, 3.63) is 251 Å². The van der Waals surface area contributed by atoms with E-state index in [1.165, 1.54) is 94.8 Å². The van der Waals surface area contributed by atoms with Gasteiger partial charge in [0.05, 0.1) is 5.41 Å². The van der Waals surface area contributed by atoms with E-state index in [-0.39, 0.29) is 16.7 Å². The fraction of sp³-hybridized carbons (Fsp3) is 0.103. The molecule has 59 heavy (non-hydrogen) atoms. The van der Waals surface area contributed by atoms with Gasteiger partial charge in [-0.1, -0.05) is 190 Å². The lowest BCUT2D eigenvalue weighted by atomic mass is 9.70. The SMILES string of the molecule is CC1(C)c2ccccc2-c2ccc(N(C3=CC=CCC3c3cccc4c3-c3ccccc3C43c4ccccc4-c4ccccc43)c3ccc(-c4ccccc4)cc3)cc21. The lowest BCUT2D eigenvalue weighted by Crippen LogP contribution is -2.26. The summed E-state index contributed by atoms with van der Waals surface area (Å²) in [7, 11) is 0. The van der Waals surface area contributed by atoms with E-state index in [0.29, 0.717) is 0 Å². The highest BCUT2D eigenvalue weighted by molar-refractivity contribution is 5.96. The summed E-state index contributed by atoms with van der Waals surface area (Å²) in [6.45, 7) is 4.76. The van der Waals surface area contributed by atoms with Crippen molar-refractivity contribution in [2.75, 3.05) is 4.90 Å². The van der Waals surface area contributed by atoms with E-state index in [1.54, 1.807) is 0 Å². The van der Waals surface area contributed by atoms with Crippen LogP contribution in [0.2, 0.25) is 0 Å². The maximum atomic E-state index is 2.55. The number of hydrogen-bond donors (Lipinski definition) is 0. The first-order chi connectivity index (χ1) is 29.0. The predicted molar refractivity (Wildman–Crippen MR) is 245 cm³/mol. The van der Waals surface area contributed by atoms with E-state index in [2.05, 4.69) is 225 Å². The third kappa shape index (κ3) is 4.73. The second kappa shape index (κ2) is 12.8. The summed E-state index contributed by atoms with van der Waals surface area (Å²) < 4.78 is 0. The van der Waals surface area contributed by atoms with E-state index in [0.717, 1.165) is 12.1 Å². The summed E-state index contributed by atoms with van der Waals surface area (Å²) in [6, 6.07) is 70.7. The summed E-state index contributed by atoms with van der Waals surface area (Å²) >= 11 is 0. The van der Waals surface area contributed by atoms with Gasteiger partial charge in [-0.2, -0.15) is 0 Å². The number of nitrogens with zero attached hydrogens (tertiary/aromatic N) is 1. The minimum Gasteiger partial charge on any atom is -0.314 e. The van der Waals surface area contributed by atoms with Gasteiger partial charge in [0.25, 0.3) is 0 Å². The Labute approximate surface area is 347 Å². The van der Waals surface area contributed by atoms with Crippen molar-refractivity contribution in [1.29, 1.82) is 0 Å². The Bertz CT molecular complexity index is 3010. The molecule has 0 N–H and O–H groups in total. The number of rotatable bonds is 5. The number of hydrogen-bond acceptors (Lipinski definition) is 1. The van der Waals surface area contributed by atoms with Crippen LogP contribution in [0.4, 0.5) is 11.4 Å². The Balaban J connectivity index is 1.06. The standard InChI is InChI=1S/C58H43N/c1-57(2)49-25-11-6-19-42(49)45-36-35-41(37-54(45)57)59(40-33-31-39(32-34-40)38-17-4-3-5-18-38)55-30-15-10-22-46(55)47-24-16-29-53-56(47)48-23-9-14-28-52(48)58(53)50-26-12-7-20-43(50)44-21-8-13-27-51(44)58/h3-21,23-37,46H,22H2,1-2H3. The molecule has 0 aliphatic heterocycles. The Morgan fingerprint density at radius 2 is 0.966 bits per heavy atom.